The molecule has 2 N–H and O–H groups in total. The van der Waals surface area contributed by atoms with E-state index in [0.29, 0.717) is 0 Å². The summed E-state index contributed by atoms with van der Waals surface area (Å²) in [5, 5.41) is 8.58. The van der Waals surface area contributed by atoms with Crippen molar-refractivity contribution in [1.29, 1.82) is 0 Å². The summed E-state index contributed by atoms with van der Waals surface area (Å²) >= 11 is 0. The van der Waals surface area contributed by atoms with Gasteiger partial charge in [0.1, 0.15) is 0 Å². The lowest BCUT2D eigenvalue weighted by atomic mass is 10.3. The van der Waals surface area contributed by atoms with Crippen LogP contribution in [0.2, 0.25) is 0 Å². The fourth-order valence-corrected chi connectivity index (χ4v) is 2.53. The average molecular weight is 296 g/mol. The van der Waals surface area contributed by atoms with E-state index >= 15 is 0 Å². The van der Waals surface area contributed by atoms with Gasteiger partial charge in [0, 0.05) is 12.6 Å². The third-order valence-electron chi connectivity index (χ3n) is 1.99. The van der Waals surface area contributed by atoms with E-state index in [1.165, 1.54) is 0 Å². The van der Waals surface area contributed by atoms with Crippen LogP contribution in [0.5, 0.6) is 0 Å². The second-order valence-electron chi connectivity index (χ2n) is 4.41. The molecule has 0 saturated carbocycles. The molecule has 0 aliphatic heterocycles. The first-order valence-corrected chi connectivity index (χ1v) is 7.22. The summed E-state index contributed by atoms with van der Waals surface area (Å²) in [5.41, 5.74) is 0. The van der Waals surface area contributed by atoms with Crippen LogP contribution in [0.25, 0.3) is 0 Å². The van der Waals surface area contributed by atoms with Gasteiger partial charge >= 0.3 is 22.3 Å². The number of carbonyl (C=O) groups is 2. The van der Waals surface area contributed by atoms with Gasteiger partial charge in [-0.05, 0) is 27.7 Å². The number of carboxylic acids is 1. The van der Waals surface area contributed by atoms with Crippen LogP contribution in [0.3, 0.4) is 0 Å². The molecule has 0 bridgehead atoms. The van der Waals surface area contributed by atoms with Crippen LogP contribution in [-0.4, -0.2) is 48.6 Å². The summed E-state index contributed by atoms with van der Waals surface area (Å²) in [4.78, 5) is 21.8. The summed E-state index contributed by atoms with van der Waals surface area (Å²) in [6.45, 7) is 6.09. The van der Waals surface area contributed by atoms with E-state index < -0.39 is 34.4 Å². The molecule has 0 aromatic heterocycles. The van der Waals surface area contributed by atoms with Crippen LogP contribution in [-0.2, 0) is 19.7 Å². The Morgan fingerprint density at radius 2 is 1.79 bits per heavy atom. The van der Waals surface area contributed by atoms with E-state index in [4.69, 9.17) is 5.11 Å². The molecule has 9 heteroatoms. The summed E-state index contributed by atoms with van der Waals surface area (Å²) in [7, 11) is -4.12. The number of hydrogen-bond donors (Lipinski definition) is 2. The summed E-state index contributed by atoms with van der Waals surface area (Å²) in [6, 6.07) is -0.483. The second-order valence-corrected chi connectivity index (χ2v) is 6.03. The van der Waals surface area contributed by atoms with Crippen molar-refractivity contribution in [2.24, 2.45) is 0 Å². The van der Waals surface area contributed by atoms with Crippen molar-refractivity contribution in [3.8, 4) is 0 Å². The molecule has 0 aromatic rings. The van der Waals surface area contributed by atoms with E-state index in [1.54, 1.807) is 32.4 Å². The standard InChI is InChI=1S/C10H20N2O6S/c1-7(2)12(6-5-9(13)14)19(16,17)11-10(15)18-8(3)4/h7-8H,5-6H2,1-4H3,(H,11,15)(H,13,14). The number of hydrogen-bond acceptors (Lipinski definition) is 5. The molecule has 1 amide bonds. The Balaban J connectivity index is 4.80. The number of aliphatic carboxylic acids is 1. The number of amides is 1. The van der Waals surface area contributed by atoms with Gasteiger partial charge in [-0.2, -0.15) is 12.7 Å². The molecule has 0 aromatic carbocycles. The zero-order valence-corrected chi connectivity index (χ0v) is 12.2. The largest absolute Gasteiger partial charge is 0.481 e. The number of nitrogens with one attached hydrogen (secondary N) is 1. The predicted octanol–water partition coefficient (Wildman–Crippen LogP) is 0.551. The van der Waals surface area contributed by atoms with Gasteiger partial charge < -0.3 is 9.84 Å². The fraction of sp³-hybridized carbons (Fsp3) is 0.800. The first-order chi connectivity index (χ1) is 8.56. The second kappa shape index (κ2) is 7.29. The maximum atomic E-state index is 11.9. The molecule has 0 unspecified atom stereocenters. The Morgan fingerprint density at radius 3 is 2.16 bits per heavy atom. The molecule has 0 rings (SSSR count). The van der Waals surface area contributed by atoms with E-state index in [-0.39, 0.29) is 13.0 Å². The highest BCUT2D eigenvalue weighted by Crippen LogP contribution is 2.07. The average Bonchev–Trinajstić information content (AvgIpc) is 2.12. The van der Waals surface area contributed by atoms with E-state index in [1.807, 2.05) is 0 Å². The normalized spacial score (nSPS) is 11.9. The SMILES string of the molecule is CC(C)OC(=O)NS(=O)(=O)N(CCC(=O)O)C(C)C. The number of carbonyl (C=O) groups excluding carboxylic acids is 1. The lowest BCUT2D eigenvalue weighted by molar-refractivity contribution is -0.137. The summed E-state index contributed by atoms with van der Waals surface area (Å²) < 4.78 is 31.1. The predicted molar refractivity (Wildman–Crippen MR) is 67.8 cm³/mol. The molecule has 0 heterocycles. The Kier molecular flexibility index (Phi) is 6.77. The topological polar surface area (TPSA) is 113 Å². The third kappa shape index (κ3) is 6.97. The van der Waals surface area contributed by atoms with Gasteiger partial charge in [0.05, 0.1) is 12.5 Å². The van der Waals surface area contributed by atoms with Gasteiger partial charge in [0.15, 0.2) is 0 Å². The van der Waals surface area contributed by atoms with Gasteiger partial charge in [-0.1, -0.05) is 0 Å². The van der Waals surface area contributed by atoms with Crippen LogP contribution in [0.1, 0.15) is 34.1 Å². The van der Waals surface area contributed by atoms with Gasteiger partial charge in [-0.3, -0.25) is 4.79 Å². The van der Waals surface area contributed by atoms with Crippen LogP contribution in [0, 0.1) is 0 Å². The minimum atomic E-state index is -4.12. The molecule has 8 nitrogen and oxygen atoms in total. The molecule has 0 fully saturated rings. The molecule has 0 spiro atoms. The monoisotopic (exact) mass is 296 g/mol. The molecule has 19 heavy (non-hydrogen) atoms. The van der Waals surface area contributed by atoms with E-state index in [0.717, 1.165) is 4.31 Å². The molecule has 0 atom stereocenters. The first kappa shape index (κ1) is 17.6. The number of ether oxygens (including phenoxy) is 1. The number of nitrogens with zero attached hydrogens (tertiary/aromatic N) is 1. The maximum Gasteiger partial charge on any atom is 0.422 e. The highest BCUT2D eigenvalue weighted by atomic mass is 32.2. The van der Waals surface area contributed by atoms with Crippen LogP contribution in [0.15, 0.2) is 0 Å². The lowest BCUT2D eigenvalue weighted by Crippen LogP contribution is -2.47. The van der Waals surface area contributed by atoms with Crippen LogP contribution >= 0.6 is 0 Å². The molecule has 112 valence electrons. The van der Waals surface area contributed by atoms with E-state index in [9.17, 15) is 18.0 Å². The Bertz CT molecular complexity index is 418. The first-order valence-electron chi connectivity index (χ1n) is 5.78. The van der Waals surface area contributed by atoms with Gasteiger partial charge in [0.2, 0.25) is 0 Å². The van der Waals surface area contributed by atoms with Gasteiger partial charge in [-0.25, -0.2) is 9.52 Å². The smallest absolute Gasteiger partial charge is 0.422 e. The Hall–Kier alpha value is -1.35. The molecule has 0 radical (unpaired) electrons. The van der Waals surface area contributed by atoms with Gasteiger partial charge in [-0.15, -0.1) is 0 Å². The van der Waals surface area contributed by atoms with Crippen LogP contribution < -0.4 is 4.72 Å². The summed E-state index contributed by atoms with van der Waals surface area (Å²) in [6.07, 6.45) is -1.89. The Labute approximate surface area is 112 Å². The molecular weight excluding hydrogens is 276 g/mol. The van der Waals surface area contributed by atoms with Crippen molar-refractivity contribution in [2.75, 3.05) is 6.54 Å². The summed E-state index contributed by atoms with van der Waals surface area (Å²) in [5.74, 6) is -1.12. The van der Waals surface area contributed by atoms with E-state index in [2.05, 4.69) is 4.74 Å². The maximum absolute atomic E-state index is 11.9. The quantitative estimate of drug-likeness (QED) is 0.709. The number of rotatable bonds is 7. The lowest BCUT2D eigenvalue weighted by Gasteiger charge is -2.25. The zero-order chi connectivity index (χ0) is 15.2. The van der Waals surface area contributed by atoms with Crippen LogP contribution in [0.4, 0.5) is 4.79 Å². The van der Waals surface area contributed by atoms with Gasteiger partial charge in [0.25, 0.3) is 0 Å². The zero-order valence-electron chi connectivity index (χ0n) is 11.4. The molecule has 0 saturated heterocycles. The highest BCUT2D eigenvalue weighted by Gasteiger charge is 2.28. The van der Waals surface area contributed by atoms with Crippen molar-refractivity contribution in [2.45, 2.75) is 46.3 Å². The van der Waals surface area contributed by atoms with Crippen molar-refractivity contribution in [1.82, 2.24) is 9.03 Å². The minimum Gasteiger partial charge on any atom is -0.481 e. The molecule has 0 aliphatic carbocycles. The third-order valence-corrected chi connectivity index (χ3v) is 3.63. The highest BCUT2D eigenvalue weighted by molar-refractivity contribution is 7.87. The number of carboxylic acid groups (broad SMARTS) is 1. The van der Waals surface area contributed by atoms with Crippen molar-refractivity contribution < 1.29 is 27.9 Å². The van der Waals surface area contributed by atoms with Crippen molar-refractivity contribution in [3.05, 3.63) is 0 Å². The van der Waals surface area contributed by atoms with Crippen molar-refractivity contribution in [3.63, 3.8) is 0 Å². The molecule has 0 aliphatic rings. The fourth-order valence-electron chi connectivity index (χ4n) is 1.26. The Morgan fingerprint density at radius 1 is 1.26 bits per heavy atom. The molecular formula is C10H20N2O6S. The van der Waals surface area contributed by atoms with Crippen molar-refractivity contribution >= 4 is 22.3 Å². The minimum absolute atomic E-state index is 0.225.